The molecule has 1 saturated heterocycles. The largest absolute Gasteiger partial charge is 0.497 e. The maximum absolute atomic E-state index is 14.5. The Morgan fingerprint density at radius 2 is 1.65 bits per heavy atom. The van der Waals surface area contributed by atoms with Gasteiger partial charge in [0.2, 0.25) is 20.0 Å². The lowest BCUT2D eigenvalue weighted by Gasteiger charge is -2.30. The van der Waals surface area contributed by atoms with E-state index in [2.05, 4.69) is 0 Å². The van der Waals surface area contributed by atoms with E-state index in [-0.39, 0.29) is 34.4 Å². The quantitative estimate of drug-likeness (QED) is 0.390. The Hall–Kier alpha value is -2.79. The molecule has 1 aliphatic heterocycles. The highest BCUT2D eigenvalue weighted by atomic mass is 32.2. The fourth-order valence-corrected chi connectivity index (χ4v) is 7.47. The Morgan fingerprint density at radius 1 is 0.946 bits per heavy atom. The number of sulfonamides is 2. The van der Waals surface area contributed by atoms with Crippen LogP contribution in [0.3, 0.4) is 0 Å². The predicted molar refractivity (Wildman–Crippen MR) is 139 cm³/mol. The maximum Gasteiger partial charge on any atom is 0.243 e. The van der Waals surface area contributed by atoms with Gasteiger partial charge in [0.05, 0.1) is 16.9 Å². The second-order valence-electron chi connectivity index (χ2n) is 9.30. The number of hydrogen-bond donors (Lipinski definition) is 0. The van der Waals surface area contributed by atoms with Gasteiger partial charge in [-0.3, -0.25) is 0 Å². The van der Waals surface area contributed by atoms with E-state index in [1.807, 2.05) is 6.92 Å². The Balaban J connectivity index is 1.65. The lowest BCUT2D eigenvalue weighted by Crippen LogP contribution is -2.39. The number of hydrogen-bond acceptors (Lipinski definition) is 5. The Kier molecular flexibility index (Phi) is 8.33. The van der Waals surface area contributed by atoms with E-state index < -0.39 is 25.9 Å². The summed E-state index contributed by atoms with van der Waals surface area (Å²) in [5.41, 5.74) is 0.894. The molecule has 10 heteroatoms. The molecular formula is C27H31FN2O5S2. The minimum absolute atomic E-state index is 0.0282. The number of piperidine rings is 1. The molecule has 0 bridgehead atoms. The number of nitrogens with zero attached hydrogens (tertiary/aromatic N) is 2. The molecule has 7 nitrogen and oxygen atoms in total. The number of benzene rings is 3. The van der Waals surface area contributed by atoms with Crippen LogP contribution in [0.4, 0.5) is 4.39 Å². The SMILES string of the molecule is COc1cccc(CN(Cc2ccccc2F)S(=O)(=O)c2ccc(S(=O)(=O)N3CCC[C@H](C)C3)cc2)c1. The van der Waals surface area contributed by atoms with Crippen molar-refractivity contribution >= 4 is 20.0 Å². The van der Waals surface area contributed by atoms with Crippen LogP contribution in [0.25, 0.3) is 0 Å². The summed E-state index contributed by atoms with van der Waals surface area (Å²) in [6, 6.07) is 18.3. The van der Waals surface area contributed by atoms with Gasteiger partial charge in [-0.2, -0.15) is 8.61 Å². The molecule has 0 unspecified atom stereocenters. The fraction of sp³-hybridized carbons (Fsp3) is 0.333. The van der Waals surface area contributed by atoms with Crippen molar-refractivity contribution in [3.8, 4) is 5.75 Å². The summed E-state index contributed by atoms with van der Waals surface area (Å²) >= 11 is 0. The number of ether oxygens (including phenoxy) is 1. The van der Waals surface area contributed by atoms with Gasteiger partial charge in [0.25, 0.3) is 0 Å². The highest BCUT2D eigenvalue weighted by molar-refractivity contribution is 7.89. The van der Waals surface area contributed by atoms with Crippen LogP contribution < -0.4 is 4.74 Å². The standard InChI is InChI=1S/C27H31FN2O5S2/c1-21-7-6-16-29(18-21)36(31,32)25-12-14-26(15-13-25)37(33,34)30(20-23-9-3-4-11-27(23)28)19-22-8-5-10-24(17-22)35-2/h3-5,8-15,17,21H,6-7,16,18-20H2,1-2H3/t21-/m0/s1. The zero-order chi connectivity index (χ0) is 26.6. The second kappa shape index (κ2) is 11.3. The van der Waals surface area contributed by atoms with Crippen molar-refractivity contribution in [3.63, 3.8) is 0 Å². The highest BCUT2D eigenvalue weighted by Crippen LogP contribution is 2.27. The van der Waals surface area contributed by atoms with E-state index in [0.29, 0.717) is 24.4 Å². The molecular weight excluding hydrogens is 515 g/mol. The average Bonchev–Trinajstić information content (AvgIpc) is 2.89. The summed E-state index contributed by atoms with van der Waals surface area (Å²) in [7, 11) is -6.32. The molecule has 1 atom stereocenters. The summed E-state index contributed by atoms with van der Waals surface area (Å²) in [5, 5.41) is 0. The highest BCUT2D eigenvalue weighted by Gasteiger charge is 2.30. The molecule has 0 saturated carbocycles. The molecule has 0 N–H and O–H groups in total. The van der Waals surface area contributed by atoms with Crippen LogP contribution in [0, 0.1) is 11.7 Å². The van der Waals surface area contributed by atoms with Gasteiger partial charge in [-0.05, 0) is 66.8 Å². The summed E-state index contributed by atoms with van der Waals surface area (Å²) in [6.45, 7) is 2.68. The molecule has 37 heavy (non-hydrogen) atoms. The molecule has 0 radical (unpaired) electrons. The number of methoxy groups -OCH3 is 1. The predicted octanol–water partition coefficient (Wildman–Crippen LogP) is 4.65. The van der Waals surface area contributed by atoms with E-state index in [9.17, 15) is 21.2 Å². The topological polar surface area (TPSA) is 84.0 Å². The Labute approximate surface area is 218 Å². The van der Waals surface area contributed by atoms with Crippen LogP contribution in [-0.4, -0.2) is 45.6 Å². The molecule has 1 fully saturated rings. The van der Waals surface area contributed by atoms with E-state index in [0.717, 1.165) is 12.8 Å². The van der Waals surface area contributed by atoms with Gasteiger partial charge >= 0.3 is 0 Å². The minimum atomic E-state index is -4.11. The maximum atomic E-state index is 14.5. The van der Waals surface area contributed by atoms with E-state index in [1.165, 1.54) is 46.1 Å². The lowest BCUT2D eigenvalue weighted by molar-refractivity contribution is 0.281. The smallest absolute Gasteiger partial charge is 0.243 e. The van der Waals surface area contributed by atoms with Crippen LogP contribution in [0.1, 0.15) is 30.9 Å². The zero-order valence-electron chi connectivity index (χ0n) is 20.9. The summed E-state index contributed by atoms with van der Waals surface area (Å²) < 4.78 is 76.1. The summed E-state index contributed by atoms with van der Waals surface area (Å²) in [5.74, 6) is 0.333. The normalized spacial score (nSPS) is 17.1. The van der Waals surface area contributed by atoms with Crippen molar-refractivity contribution in [3.05, 3.63) is 89.7 Å². The lowest BCUT2D eigenvalue weighted by atomic mass is 10.0. The second-order valence-corrected chi connectivity index (χ2v) is 13.2. The van der Waals surface area contributed by atoms with Gasteiger partial charge in [-0.1, -0.05) is 37.3 Å². The summed E-state index contributed by atoms with van der Waals surface area (Å²) in [4.78, 5) is -0.0216. The van der Waals surface area contributed by atoms with Crippen molar-refractivity contribution in [1.82, 2.24) is 8.61 Å². The molecule has 3 aromatic rings. The zero-order valence-corrected chi connectivity index (χ0v) is 22.5. The molecule has 4 rings (SSSR count). The molecule has 1 heterocycles. The molecule has 0 spiro atoms. The van der Waals surface area contributed by atoms with Crippen LogP contribution in [0.2, 0.25) is 0 Å². The average molecular weight is 547 g/mol. The first-order valence-corrected chi connectivity index (χ1v) is 15.0. The summed E-state index contributed by atoms with van der Waals surface area (Å²) in [6.07, 6.45) is 1.77. The Morgan fingerprint density at radius 3 is 2.32 bits per heavy atom. The Bertz CT molecular complexity index is 1440. The molecule has 3 aromatic carbocycles. The van der Waals surface area contributed by atoms with Crippen molar-refractivity contribution in [2.24, 2.45) is 5.92 Å². The third-order valence-corrected chi connectivity index (χ3v) is 10.2. The monoisotopic (exact) mass is 546 g/mol. The van der Waals surface area contributed by atoms with Crippen molar-refractivity contribution < 1.29 is 26.0 Å². The van der Waals surface area contributed by atoms with Gasteiger partial charge in [0, 0.05) is 31.7 Å². The number of rotatable bonds is 9. The van der Waals surface area contributed by atoms with Crippen LogP contribution in [0.15, 0.2) is 82.6 Å². The van der Waals surface area contributed by atoms with Gasteiger partial charge < -0.3 is 4.74 Å². The van der Waals surface area contributed by atoms with Crippen LogP contribution in [0.5, 0.6) is 5.75 Å². The fourth-order valence-electron chi connectivity index (χ4n) is 4.46. The molecule has 1 aliphatic rings. The first-order valence-electron chi connectivity index (χ1n) is 12.1. The van der Waals surface area contributed by atoms with Crippen molar-refractivity contribution in [2.45, 2.75) is 42.6 Å². The van der Waals surface area contributed by atoms with Crippen LogP contribution in [-0.2, 0) is 33.1 Å². The van der Waals surface area contributed by atoms with Gasteiger partial charge in [-0.15, -0.1) is 0 Å². The third kappa shape index (κ3) is 6.20. The first kappa shape index (κ1) is 27.3. The van der Waals surface area contributed by atoms with Crippen LogP contribution >= 0.6 is 0 Å². The van der Waals surface area contributed by atoms with Gasteiger partial charge in [-0.25, -0.2) is 21.2 Å². The van der Waals surface area contributed by atoms with Gasteiger partial charge in [0.1, 0.15) is 11.6 Å². The number of halogens is 1. The van der Waals surface area contributed by atoms with E-state index in [4.69, 9.17) is 4.74 Å². The first-order chi connectivity index (χ1) is 17.6. The van der Waals surface area contributed by atoms with E-state index >= 15 is 0 Å². The molecule has 0 aromatic heterocycles. The van der Waals surface area contributed by atoms with Crippen molar-refractivity contribution in [1.29, 1.82) is 0 Å². The third-order valence-electron chi connectivity index (χ3n) is 6.52. The molecule has 0 amide bonds. The van der Waals surface area contributed by atoms with Crippen molar-refractivity contribution in [2.75, 3.05) is 20.2 Å². The van der Waals surface area contributed by atoms with E-state index in [1.54, 1.807) is 42.5 Å². The molecule has 0 aliphatic carbocycles. The van der Waals surface area contributed by atoms with Gasteiger partial charge in [0.15, 0.2) is 0 Å². The molecule has 198 valence electrons. The minimum Gasteiger partial charge on any atom is -0.497 e.